The summed E-state index contributed by atoms with van der Waals surface area (Å²) < 4.78 is 7.42. The van der Waals surface area contributed by atoms with Crippen LogP contribution >= 0.6 is 11.3 Å². The second kappa shape index (κ2) is 8.75. The molecular formula is C27H26N2O2S. The van der Waals surface area contributed by atoms with Crippen LogP contribution in [0, 0.1) is 13.8 Å². The monoisotopic (exact) mass is 442 g/mol. The van der Waals surface area contributed by atoms with E-state index in [2.05, 4.69) is 38.1 Å². The Morgan fingerprint density at radius 1 is 0.906 bits per heavy atom. The van der Waals surface area contributed by atoms with Gasteiger partial charge in [0.1, 0.15) is 6.10 Å². The molecule has 3 aromatic carbocycles. The smallest absolute Gasteiger partial charge is 0.274 e. The number of aromatic nitrogens is 1. The molecular weight excluding hydrogens is 416 g/mol. The fourth-order valence-electron chi connectivity index (χ4n) is 4.23. The van der Waals surface area contributed by atoms with E-state index < -0.39 is 0 Å². The van der Waals surface area contributed by atoms with Gasteiger partial charge in [0.2, 0.25) is 0 Å². The third-order valence-corrected chi connectivity index (χ3v) is 7.24. The molecule has 1 amide bonds. The van der Waals surface area contributed by atoms with Crippen LogP contribution in [0.4, 0.5) is 0 Å². The van der Waals surface area contributed by atoms with Gasteiger partial charge in [-0.05, 0) is 48.2 Å². The predicted molar refractivity (Wildman–Crippen MR) is 131 cm³/mol. The van der Waals surface area contributed by atoms with Crippen molar-refractivity contribution in [2.24, 2.45) is 0 Å². The van der Waals surface area contributed by atoms with E-state index in [1.807, 2.05) is 47.4 Å². The van der Waals surface area contributed by atoms with Gasteiger partial charge in [-0.2, -0.15) is 0 Å². The van der Waals surface area contributed by atoms with Gasteiger partial charge in [-0.3, -0.25) is 4.79 Å². The summed E-state index contributed by atoms with van der Waals surface area (Å²) in [5, 5.41) is 0.735. The summed E-state index contributed by atoms with van der Waals surface area (Å²) >= 11 is 1.62. The van der Waals surface area contributed by atoms with Gasteiger partial charge in [0.25, 0.3) is 11.1 Å². The minimum atomic E-state index is 0.0919. The predicted octanol–water partition coefficient (Wildman–Crippen LogP) is 6.26. The van der Waals surface area contributed by atoms with E-state index in [1.54, 1.807) is 11.3 Å². The second-order valence-corrected chi connectivity index (χ2v) is 9.37. The summed E-state index contributed by atoms with van der Waals surface area (Å²) in [6, 6.07) is 22.4. The van der Waals surface area contributed by atoms with Crippen LogP contribution < -0.4 is 4.74 Å². The normalized spacial score (nSPS) is 14.6. The maximum absolute atomic E-state index is 13.0. The van der Waals surface area contributed by atoms with Crippen molar-refractivity contribution in [3.05, 3.63) is 83.4 Å². The van der Waals surface area contributed by atoms with Gasteiger partial charge in [-0.15, -0.1) is 0 Å². The molecule has 1 saturated heterocycles. The average Bonchev–Trinajstić information content (AvgIpc) is 3.27. The third kappa shape index (κ3) is 4.13. The zero-order valence-corrected chi connectivity index (χ0v) is 19.2. The molecule has 5 rings (SSSR count). The number of nitrogens with zero attached hydrogens (tertiary/aromatic N) is 2. The molecule has 1 aromatic heterocycles. The molecule has 0 radical (unpaired) electrons. The number of fused-ring (bicyclic) bond motifs is 1. The Hall–Kier alpha value is -3.18. The van der Waals surface area contributed by atoms with Crippen LogP contribution in [-0.2, 0) is 0 Å². The molecule has 0 unspecified atom stereocenters. The highest BCUT2D eigenvalue weighted by Gasteiger charge is 2.25. The van der Waals surface area contributed by atoms with Gasteiger partial charge < -0.3 is 9.64 Å². The van der Waals surface area contributed by atoms with Gasteiger partial charge in [-0.1, -0.05) is 65.9 Å². The van der Waals surface area contributed by atoms with Crippen molar-refractivity contribution in [3.63, 3.8) is 0 Å². The van der Waals surface area contributed by atoms with Crippen molar-refractivity contribution in [1.82, 2.24) is 9.88 Å². The first kappa shape index (κ1) is 20.7. The number of rotatable bonds is 4. The molecule has 1 aliphatic rings. The van der Waals surface area contributed by atoms with Gasteiger partial charge in [0.15, 0.2) is 0 Å². The number of likely N-dealkylation sites (tertiary alicyclic amines) is 1. The number of ether oxygens (including phenoxy) is 1. The van der Waals surface area contributed by atoms with Crippen molar-refractivity contribution in [2.75, 3.05) is 13.1 Å². The van der Waals surface area contributed by atoms with Gasteiger partial charge in [0, 0.05) is 31.5 Å². The number of carbonyl (C=O) groups excluding carboxylic acids is 1. The first-order valence-electron chi connectivity index (χ1n) is 11.1. The molecule has 5 heteroatoms. The average molecular weight is 443 g/mol. The molecule has 0 N–H and O–H groups in total. The SMILES string of the molecule is Cc1ccc(C)c2sc(OC3CCN(C(=O)c4ccc(-c5ccccc5)cc4)CC3)nc12. The van der Waals surface area contributed by atoms with E-state index >= 15 is 0 Å². The number of carbonyl (C=O) groups is 1. The number of hydrogen-bond acceptors (Lipinski definition) is 4. The van der Waals surface area contributed by atoms with Gasteiger partial charge in [-0.25, -0.2) is 4.98 Å². The van der Waals surface area contributed by atoms with Crippen LogP contribution in [0.15, 0.2) is 66.7 Å². The Morgan fingerprint density at radius 2 is 1.56 bits per heavy atom. The standard InChI is InChI=1S/C27H26N2O2S/c1-18-8-9-19(2)25-24(18)28-27(32-25)31-23-14-16-29(17-15-23)26(30)22-12-10-21(11-13-22)20-6-4-3-5-7-20/h3-13,23H,14-17H2,1-2H3. The van der Waals surface area contributed by atoms with E-state index in [4.69, 9.17) is 9.72 Å². The van der Waals surface area contributed by atoms with Crippen molar-refractivity contribution < 1.29 is 9.53 Å². The molecule has 32 heavy (non-hydrogen) atoms. The van der Waals surface area contributed by atoms with E-state index in [1.165, 1.54) is 15.8 Å². The molecule has 4 nitrogen and oxygen atoms in total. The third-order valence-electron chi connectivity index (χ3n) is 6.16. The zero-order valence-electron chi connectivity index (χ0n) is 18.4. The van der Waals surface area contributed by atoms with E-state index in [9.17, 15) is 4.79 Å². The molecule has 0 atom stereocenters. The number of aryl methyl sites for hydroxylation is 2. The Labute approximate surface area is 192 Å². The molecule has 0 spiro atoms. The molecule has 1 aliphatic heterocycles. The summed E-state index contributed by atoms with van der Waals surface area (Å²) in [5.74, 6) is 0.0919. The summed E-state index contributed by atoms with van der Waals surface area (Å²) in [4.78, 5) is 19.6. The lowest BCUT2D eigenvalue weighted by molar-refractivity contribution is 0.0595. The minimum absolute atomic E-state index is 0.0919. The zero-order chi connectivity index (χ0) is 22.1. The molecule has 4 aromatic rings. The van der Waals surface area contributed by atoms with Gasteiger partial charge >= 0.3 is 0 Å². The van der Waals surface area contributed by atoms with Crippen molar-refractivity contribution in [2.45, 2.75) is 32.8 Å². The lowest BCUT2D eigenvalue weighted by Gasteiger charge is -2.31. The first-order chi connectivity index (χ1) is 15.6. The Kier molecular flexibility index (Phi) is 5.66. The van der Waals surface area contributed by atoms with E-state index in [0.717, 1.165) is 40.2 Å². The van der Waals surface area contributed by atoms with Crippen LogP contribution in [0.1, 0.15) is 34.3 Å². The van der Waals surface area contributed by atoms with Crippen LogP contribution in [-0.4, -0.2) is 35.0 Å². The second-order valence-electron chi connectivity index (χ2n) is 8.41. The van der Waals surface area contributed by atoms with Crippen LogP contribution in [0.2, 0.25) is 0 Å². The number of hydrogen-bond donors (Lipinski definition) is 0. The highest BCUT2D eigenvalue weighted by Crippen LogP contribution is 2.33. The van der Waals surface area contributed by atoms with E-state index in [-0.39, 0.29) is 12.0 Å². The topological polar surface area (TPSA) is 42.4 Å². The van der Waals surface area contributed by atoms with Crippen LogP contribution in [0.3, 0.4) is 0 Å². The summed E-state index contributed by atoms with van der Waals surface area (Å²) in [5.41, 5.74) is 6.46. The Balaban J connectivity index is 1.21. The molecule has 0 bridgehead atoms. The largest absolute Gasteiger partial charge is 0.467 e. The fraction of sp³-hybridized carbons (Fsp3) is 0.259. The Bertz CT molecular complexity index is 1200. The van der Waals surface area contributed by atoms with Gasteiger partial charge in [0.05, 0.1) is 10.2 Å². The summed E-state index contributed by atoms with van der Waals surface area (Å²) in [7, 11) is 0. The highest BCUT2D eigenvalue weighted by molar-refractivity contribution is 7.20. The molecule has 162 valence electrons. The molecule has 1 fully saturated rings. The van der Waals surface area contributed by atoms with Crippen LogP contribution in [0.25, 0.3) is 21.3 Å². The van der Waals surface area contributed by atoms with E-state index in [0.29, 0.717) is 13.1 Å². The number of piperidine rings is 1. The highest BCUT2D eigenvalue weighted by atomic mass is 32.1. The Morgan fingerprint density at radius 3 is 2.25 bits per heavy atom. The lowest BCUT2D eigenvalue weighted by atomic mass is 10.0. The molecule has 2 heterocycles. The van der Waals surface area contributed by atoms with Crippen molar-refractivity contribution >= 4 is 27.5 Å². The van der Waals surface area contributed by atoms with Crippen molar-refractivity contribution in [1.29, 1.82) is 0 Å². The number of amides is 1. The quantitative estimate of drug-likeness (QED) is 0.374. The fourth-order valence-corrected chi connectivity index (χ4v) is 5.26. The maximum atomic E-state index is 13.0. The number of thiazole rings is 1. The summed E-state index contributed by atoms with van der Waals surface area (Å²) in [6.45, 7) is 5.60. The molecule has 0 aliphatic carbocycles. The lowest BCUT2D eigenvalue weighted by Crippen LogP contribution is -2.41. The van der Waals surface area contributed by atoms with Crippen molar-refractivity contribution in [3.8, 4) is 16.3 Å². The number of benzene rings is 3. The minimum Gasteiger partial charge on any atom is -0.467 e. The maximum Gasteiger partial charge on any atom is 0.274 e. The van der Waals surface area contributed by atoms with Crippen LogP contribution in [0.5, 0.6) is 5.19 Å². The first-order valence-corrected chi connectivity index (χ1v) is 11.9. The summed E-state index contributed by atoms with van der Waals surface area (Å²) in [6.07, 6.45) is 1.74. The molecule has 0 saturated carbocycles.